The predicted molar refractivity (Wildman–Crippen MR) is 91.2 cm³/mol. The van der Waals surface area contributed by atoms with Gasteiger partial charge in [0, 0.05) is 16.9 Å². The van der Waals surface area contributed by atoms with Crippen LogP contribution in [0.1, 0.15) is 59.8 Å². The highest BCUT2D eigenvalue weighted by atomic mass is 16.3. The van der Waals surface area contributed by atoms with Crippen molar-refractivity contribution in [3.8, 4) is 0 Å². The van der Waals surface area contributed by atoms with Gasteiger partial charge < -0.3 is 15.0 Å². The summed E-state index contributed by atoms with van der Waals surface area (Å²) >= 11 is 0. The Labute approximate surface area is 144 Å². The van der Waals surface area contributed by atoms with E-state index in [1.165, 1.54) is 0 Å². The summed E-state index contributed by atoms with van der Waals surface area (Å²) in [6.07, 6.45) is 5.46. The summed E-state index contributed by atoms with van der Waals surface area (Å²) in [6, 6.07) is 0. The molecule has 0 aliphatic heterocycles. The first-order chi connectivity index (χ1) is 11.1. The molecule has 2 saturated carbocycles. The lowest BCUT2D eigenvalue weighted by Crippen LogP contribution is -2.61. The fourth-order valence-corrected chi connectivity index (χ4v) is 5.84. The summed E-state index contributed by atoms with van der Waals surface area (Å²) in [7, 11) is 0. The van der Waals surface area contributed by atoms with Crippen molar-refractivity contribution in [2.24, 2.45) is 28.6 Å². The van der Waals surface area contributed by atoms with E-state index in [0.29, 0.717) is 12.0 Å². The number of aldehydes is 1. The van der Waals surface area contributed by atoms with E-state index < -0.39 is 17.1 Å². The molecule has 2 fully saturated rings. The van der Waals surface area contributed by atoms with Gasteiger partial charge in [-0.1, -0.05) is 34.1 Å². The van der Waals surface area contributed by atoms with Gasteiger partial charge >= 0.3 is 0 Å². The third-order valence-corrected chi connectivity index (χ3v) is 7.40. The smallest absolute Gasteiger partial charge is 0.187 e. The summed E-state index contributed by atoms with van der Waals surface area (Å²) in [6.45, 7) is 7.93. The Kier molecular flexibility index (Phi) is 4.08. The summed E-state index contributed by atoms with van der Waals surface area (Å²) < 4.78 is 0. The van der Waals surface area contributed by atoms with Crippen molar-refractivity contribution in [2.75, 3.05) is 0 Å². The average Bonchev–Trinajstić information content (AvgIpc) is 2.52. The van der Waals surface area contributed by atoms with Gasteiger partial charge in [0.25, 0.3) is 0 Å². The molecule has 0 aromatic heterocycles. The highest BCUT2D eigenvalue weighted by Gasteiger charge is 2.62. The quantitative estimate of drug-likeness (QED) is 0.761. The number of aliphatic hydroxyl groups excluding tert-OH is 1. The summed E-state index contributed by atoms with van der Waals surface area (Å²) in [5, 5.41) is 21.7. The third-order valence-electron chi connectivity index (χ3n) is 7.40. The summed E-state index contributed by atoms with van der Waals surface area (Å²) in [5.74, 6) is -0.572. The molecule has 24 heavy (non-hydrogen) atoms. The number of fused-ring (bicyclic) bond motifs is 3. The lowest BCUT2D eigenvalue weighted by Gasteiger charge is -2.59. The average molecular weight is 334 g/mol. The minimum Gasteiger partial charge on any atom is -0.386 e. The van der Waals surface area contributed by atoms with E-state index in [1.54, 1.807) is 6.08 Å². The molecular formula is C20H30O4. The number of carbonyl (C=O) groups is 2. The van der Waals surface area contributed by atoms with Crippen molar-refractivity contribution in [1.29, 1.82) is 0 Å². The van der Waals surface area contributed by atoms with E-state index in [2.05, 4.69) is 6.92 Å². The van der Waals surface area contributed by atoms with Crippen LogP contribution in [0.4, 0.5) is 0 Å². The van der Waals surface area contributed by atoms with Gasteiger partial charge in [0.15, 0.2) is 5.78 Å². The van der Waals surface area contributed by atoms with Crippen LogP contribution in [-0.4, -0.2) is 34.0 Å². The lowest BCUT2D eigenvalue weighted by atomic mass is 9.44. The third kappa shape index (κ3) is 2.26. The van der Waals surface area contributed by atoms with Gasteiger partial charge in [-0.05, 0) is 49.0 Å². The number of ketones is 1. The second-order valence-corrected chi connectivity index (χ2v) is 9.11. The molecule has 0 heterocycles. The van der Waals surface area contributed by atoms with E-state index in [4.69, 9.17) is 0 Å². The van der Waals surface area contributed by atoms with Crippen LogP contribution in [-0.2, 0) is 9.59 Å². The molecular weight excluding hydrogens is 304 g/mol. The summed E-state index contributed by atoms with van der Waals surface area (Å²) in [4.78, 5) is 24.7. The molecule has 3 rings (SSSR count). The largest absolute Gasteiger partial charge is 0.386 e. The Morgan fingerprint density at radius 1 is 1.25 bits per heavy atom. The molecule has 0 saturated heterocycles. The monoisotopic (exact) mass is 334 g/mol. The van der Waals surface area contributed by atoms with E-state index in [1.807, 2.05) is 20.8 Å². The molecule has 0 unspecified atom stereocenters. The molecule has 4 heteroatoms. The van der Waals surface area contributed by atoms with Gasteiger partial charge in [-0.3, -0.25) is 4.79 Å². The highest BCUT2D eigenvalue weighted by Crippen LogP contribution is 2.62. The number of carbonyl (C=O) groups excluding carboxylic acids is 2. The SMILES string of the molecule is CC(C)[C@]1(O)C=C2C(=O)[C@H](O)[C@@H]3[C@](C)(CCC[C@]3(C)C=O)[C@H]2CC1. The lowest BCUT2D eigenvalue weighted by molar-refractivity contribution is -0.163. The highest BCUT2D eigenvalue weighted by molar-refractivity contribution is 6.01. The number of aliphatic hydroxyl groups is 2. The van der Waals surface area contributed by atoms with Crippen molar-refractivity contribution >= 4 is 12.1 Å². The maximum absolute atomic E-state index is 12.9. The molecule has 0 aromatic carbocycles. The molecule has 0 spiro atoms. The maximum Gasteiger partial charge on any atom is 0.187 e. The van der Waals surface area contributed by atoms with Crippen LogP contribution in [0.25, 0.3) is 0 Å². The predicted octanol–water partition coefficient (Wildman–Crippen LogP) is 2.67. The van der Waals surface area contributed by atoms with Gasteiger partial charge in [0.2, 0.25) is 0 Å². The standard InChI is InChI=1S/C20H30O4/c1-12(2)20(24)9-6-14-13(10-20)15(22)16(23)17-18(3,11-21)7-5-8-19(14,17)4/h10-12,14,16-17,23-24H,5-9H2,1-4H3/t14-,16-,17-,18+,19+,20+/m0/s1. The molecule has 3 aliphatic carbocycles. The zero-order valence-corrected chi connectivity index (χ0v) is 15.2. The Balaban J connectivity index is 2.11. The van der Waals surface area contributed by atoms with Crippen LogP contribution in [0.3, 0.4) is 0 Å². The number of hydrogen-bond acceptors (Lipinski definition) is 4. The van der Waals surface area contributed by atoms with Crippen molar-refractivity contribution < 1.29 is 19.8 Å². The van der Waals surface area contributed by atoms with Gasteiger partial charge in [-0.15, -0.1) is 0 Å². The van der Waals surface area contributed by atoms with E-state index in [0.717, 1.165) is 32.0 Å². The molecule has 134 valence electrons. The van der Waals surface area contributed by atoms with Crippen molar-refractivity contribution in [3.05, 3.63) is 11.6 Å². The fraction of sp³-hybridized carbons (Fsp3) is 0.800. The minimum atomic E-state index is -1.15. The molecule has 6 atom stereocenters. The van der Waals surface area contributed by atoms with Crippen molar-refractivity contribution in [1.82, 2.24) is 0 Å². The molecule has 0 amide bonds. The van der Waals surface area contributed by atoms with E-state index in [-0.39, 0.29) is 29.0 Å². The van der Waals surface area contributed by atoms with Crippen LogP contribution in [0.15, 0.2) is 11.6 Å². The summed E-state index contributed by atoms with van der Waals surface area (Å²) in [5.41, 5.74) is -1.31. The first-order valence-electron chi connectivity index (χ1n) is 9.23. The molecule has 3 aliphatic rings. The number of rotatable bonds is 2. The normalized spacial score (nSPS) is 48.5. The fourth-order valence-electron chi connectivity index (χ4n) is 5.84. The van der Waals surface area contributed by atoms with Crippen molar-refractivity contribution in [2.45, 2.75) is 71.5 Å². The maximum atomic E-state index is 12.9. The molecule has 0 aromatic rings. The molecule has 4 nitrogen and oxygen atoms in total. The van der Waals surface area contributed by atoms with Crippen molar-refractivity contribution in [3.63, 3.8) is 0 Å². The zero-order chi connectivity index (χ0) is 17.9. The number of hydrogen-bond donors (Lipinski definition) is 2. The van der Waals surface area contributed by atoms with Crippen LogP contribution in [0.2, 0.25) is 0 Å². The minimum absolute atomic E-state index is 0.0213. The van der Waals surface area contributed by atoms with Crippen LogP contribution in [0, 0.1) is 28.6 Å². The molecule has 0 radical (unpaired) electrons. The first kappa shape index (κ1) is 17.8. The van der Waals surface area contributed by atoms with Gasteiger partial charge in [-0.2, -0.15) is 0 Å². The van der Waals surface area contributed by atoms with Crippen LogP contribution >= 0.6 is 0 Å². The van der Waals surface area contributed by atoms with Crippen LogP contribution < -0.4 is 0 Å². The topological polar surface area (TPSA) is 74.6 Å². The Morgan fingerprint density at radius 3 is 2.50 bits per heavy atom. The first-order valence-corrected chi connectivity index (χ1v) is 9.23. The zero-order valence-electron chi connectivity index (χ0n) is 15.2. The molecule has 0 bridgehead atoms. The van der Waals surface area contributed by atoms with Gasteiger partial charge in [-0.25, -0.2) is 0 Å². The second kappa shape index (κ2) is 5.50. The second-order valence-electron chi connectivity index (χ2n) is 9.11. The molecule has 2 N–H and O–H groups in total. The van der Waals surface area contributed by atoms with Gasteiger partial charge in [0.1, 0.15) is 12.4 Å². The van der Waals surface area contributed by atoms with E-state index >= 15 is 0 Å². The Hall–Kier alpha value is -1.00. The van der Waals surface area contributed by atoms with Crippen LogP contribution in [0.5, 0.6) is 0 Å². The number of Topliss-reactive ketones (excluding diaryl/α,β-unsaturated/α-hetero) is 1. The van der Waals surface area contributed by atoms with E-state index in [9.17, 15) is 19.8 Å². The Morgan fingerprint density at radius 2 is 1.92 bits per heavy atom. The Bertz CT molecular complexity index is 594. The van der Waals surface area contributed by atoms with Gasteiger partial charge in [0.05, 0.1) is 5.60 Å².